The van der Waals surface area contributed by atoms with Gasteiger partial charge < -0.3 is 14.2 Å². The van der Waals surface area contributed by atoms with E-state index in [9.17, 15) is 0 Å². The van der Waals surface area contributed by atoms with Gasteiger partial charge >= 0.3 is 0 Å². The molecule has 0 spiro atoms. The number of thiazole rings is 1. The summed E-state index contributed by atoms with van der Waals surface area (Å²) in [6.07, 6.45) is 2.37. The van der Waals surface area contributed by atoms with Crippen LogP contribution in [0.4, 0.5) is 0 Å². The Hall–Kier alpha value is -2.57. The van der Waals surface area contributed by atoms with Crippen LogP contribution in [0.3, 0.4) is 0 Å². The molecule has 0 unspecified atom stereocenters. The summed E-state index contributed by atoms with van der Waals surface area (Å²) in [7, 11) is 3.39. The van der Waals surface area contributed by atoms with E-state index >= 15 is 0 Å². The number of benzene rings is 2. The minimum atomic E-state index is 0.413. The Bertz CT molecular complexity index is 988. The molecule has 5 nitrogen and oxygen atoms in total. The molecule has 0 bridgehead atoms. The van der Waals surface area contributed by atoms with Crippen LogP contribution in [0, 0.1) is 0 Å². The Morgan fingerprint density at radius 2 is 2.00 bits per heavy atom. The second-order valence-electron chi connectivity index (χ2n) is 7.35. The van der Waals surface area contributed by atoms with Crippen molar-refractivity contribution in [1.82, 2.24) is 9.88 Å². The number of likely N-dealkylation sites (tertiary alicyclic amines) is 1. The largest absolute Gasteiger partial charge is 0.497 e. The molecule has 1 aliphatic heterocycles. The molecule has 0 radical (unpaired) electrons. The molecule has 30 heavy (non-hydrogen) atoms. The molecule has 158 valence electrons. The number of hydrogen-bond donors (Lipinski definition) is 0. The normalized spacial score (nSPS) is 16.6. The smallest absolute Gasteiger partial charge is 0.161 e. The van der Waals surface area contributed by atoms with Gasteiger partial charge in [-0.3, -0.25) is 4.90 Å². The standard InChI is InChI=1S/C24H28N2O3S/c1-4-29-22-11-10-18(14-23(22)28-3)24-25-19(16-30-24)15-26-12-6-9-21(26)17-7-5-8-20(13-17)27-2/h5,7-8,10-11,13-14,16,21H,4,6,9,12,15H2,1-3H3/t21-/m1/s1. The summed E-state index contributed by atoms with van der Waals surface area (Å²) >= 11 is 1.67. The van der Waals surface area contributed by atoms with Crippen molar-refractivity contribution in [3.8, 4) is 27.8 Å². The van der Waals surface area contributed by atoms with Gasteiger partial charge in [0, 0.05) is 23.5 Å². The molecule has 0 N–H and O–H groups in total. The SMILES string of the molecule is CCOc1ccc(-c2nc(CN3CCC[C@@H]3c3cccc(OC)c3)cs2)cc1OC. The fourth-order valence-electron chi connectivity index (χ4n) is 4.04. The molecule has 2 heterocycles. The summed E-state index contributed by atoms with van der Waals surface area (Å²) in [5.74, 6) is 2.42. The van der Waals surface area contributed by atoms with Crippen molar-refractivity contribution >= 4 is 11.3 Å². The van der Waals surface area contributed by atoms with Crippen molar-refractivity contribution in [2.24, 2.45) is 0 Å². The maximum atomic E-state index is 5.63. The maximum Gasteiger partial charge on any atom is 0.161 e. The zero-order valence-corrected chi connectivity index (χ0v) is 18.6. The number of ether oxygens (including phenoxy) is 3. The number of nitrogens with zero attached hydrogens (tertiary/aromatic N) is 2. The van der Waals surface area contributed by atoms with E-state index in [4.69, 9.17) is 19.2 Å². The van der Waals surface area contributed by atoms with Gasteiger partial charge in [0.05, 0.1) is 26.5 Å². The molecule has 1 saturated heterocycles. The Kier molecular flexibility index (Phi) is 6.55. The summed E-state index contributed by atoms with van der Waals surface area (Å²) < 4.78 is 16.5. The third-order valence-corrected chi connectivity index (χ3v) is 6.41. The predicted molar refractivity (Wildman–Crippen MR) is 121 cm³/mol. The average molecular weight is 425 g/mol. The number of rotatable bonds is 8. The van der Waals surface area contributed by atoms with Crippen LogP contribution in [0.15, 0.2) is 47.8 Å². The quantitative estimate of drug-likeness (QED) is 0.473. The lowest BCUT2D eigenvalue weighted by Gasteiger charge is -2.24. The molecule has 0 aliphatic carbocycles. The third kappa shape index (κ3) is 4.45. The highest BCUT2D eigenvalue weighted by atomic mass is 32.1. The number of aromatic nitrogens is 1. The second kappa shape index (κ2) is 9.49. The Balaban J connectivity index is 1.50. The van der Waals surface area contributed by atoms with Crippen LogP contribution >= 0.6 is 11.3 Å². The van der Waals surface area contributed by atoms with Crippen LogP contribution in [0.25, 0.3) is 10.6 Å². The number of methoxy groups -OCH3 is 2. The Morgan fingerprint density at radius 3 is 2.80 bits per heavy atom. The molecule has 4 rings (SSSR count). The average Bonchev–Trinajstić information content (AvgIpc) is 3.44. The van der Waals surface area contributed by atoms with Gasteiger partial charge in [0.2, 0.25) is 0 Å². The van der Waals surface area contributed by atoms with Crippen LogP contribution in [0.1, 0.15) is 37.1 Å². The highest BCUT2D eigenvalue weighted by Crippen LogP contribution is 2.36. The summed E-state index contributed by atoms with van der Waals surface area (Å²) in [4.78, 5) is 7.43. The predicted octanol–water partition coefficient (Wildman–Crippen LogP) is 5.56. The zero-order valence-electron chi connectivity index (χ0n) is 17.8. The van der Waals surface area contributed by atoms with Crippen molar-refractivity contribution in [3.63, 3.8) is 0 Å². The van der Waals surface area contributed by atoms with Crippen molar-refractivity contribution in [1.29, 1.82) is 0 Å². The summed E-state index contributed by atoms with van der Waals surface area (Å²) in [6, 6.07) is 14.8. The van der Waals surface area contributed by atoms with E-state index in [1.807, 2.05) is 31.2 Å². The molecule has 6 heteroatoms. The van der Waals surface area contributed by atoms with E-state index in [-0.39, 0.29) is 0 Å². The Labute approximate surface area is 182 Å². The van der Waals surface area contributed by atoms with E-state index < -0.39 is 0 Å². The minimum absolute atomic E-state index is 0.413. The fraction of sp³-hybridized carbons (Fsp3) is 0.375. The van der Waals surface area contributed by atoms with Crippen molar-refractivity contribution < 1.29 is 14.2 Å². The van der Waals surface area contributed by atoms with Gasteiger partial charge in [0.1, 0.15) is 10.8 Å². The molecule has 1 aromatic heterocycles. The van der Waals surface area contributed by atoms with Gasteiger partial charge in [-0.05, 0) is 62.2 Å². The van der Waals surface area contributed by atoms with Crippen molar-refractivity contribution in [2.45, 2.75) is 32.4 Å². The zero-order chi connectivity index (χ0) is 20.9. The second-order valence-corrected chi connectivity index (χ2v) is 8.21. The lowest BCUT2D eigenvalue weighted by molar-refractivity contribution is 0.245. The van der Waals surface area contributed by atoms with Crippen molar-refractivity contribution in [2.75, 3.05) is 27.4 Å². The third-order valence-electron chi connectivity index (χ3n) is 5.47. The van der Waals surface area contributed by atoms with E-state index in [2.05, 4.69) is 28.5 Å². The highest BCUT2D eigenvalue weighted by Gasteiger charge is 2.27. The topological polar surface area (TPSA) is 43.8 Å². The van der Waals surface area contributed by atoms with E-state index in [1.165, 1.54) is 18.4 Å². The molecule has 1 aliphatic rings. The summed E-state index contributed by atoms with van der Waals surface area (Å²) in [5, 5.41) is 3.17. The first-order valence-electron chi connectivity index (χ1n) is 10.4. The monoisotopic (exact) mass is 424 g/mol. The lowest BCUT2D eigenvalue weighted by atomic mass is 10.0. The van der Waals surface area contributed by atoms with Crippen LogP contribution in [-0.4, -0.2) is 37.3 Å². The first-order valence-corrected chi connectivity index (χ1v) is 11.2. The molecule has 1 atom stereocenters. The first-order chi connectivity index (χ1) is 14.7. The molecule has 1 fully saturated rings. The number of hydrogen-bond acceptors (Lipinski definition) is 6. The van der Waals surface area contributed by atoms with Crippen LogP contribution in [0.5, 0.6) is 17.2 Å². The molecular weight excluding hydrogens is 396 g/mol. The highest BCUT2D eigenvalue weighted by molar-refractivity contribution is 7.13. The summed E-state index contributed by atoms with van der Waals surface area (Å²) in [6.45, 7) is 4.52. The van der Waals surface area contributed by atoms with Crippen LogP contribution in [-0.2, 0) is 6.54 Å². The van der Waals surface area contributed by atoms with Gasteiger partial charge in [-0.25, -0.2) is 4.98 Å². The van der Waals surface area contributed by atoms with Gasteiger partial charge in [-0.1, -0.05) is 12.1 Å². The minimum Gasteiger partial charge on any atom is -0.497 e. The van der Waals surface area contributed by atoms with Gasteiger partial charge in [-0.2, -0.15) is 0 Å². The van der Waals surface area contributed by atoms with E-state index in [1.54, 1.807) is 25.6 Å². The fourth-order valence-corrected chi connectivity index (χ4v) is 4.85. The van der Waals surface area contributed by atoms with Crippen LogP contribution < -0.4 is 14.2 Å². The Morgan fingerprint density at radius 1 is 1.10 bits per heavy atom. The van der Waals surface area contributed by atoms with Crippen molar-refractivity contribution in [3.05, 3.63) is 59.1 Å². The molecule has 2 aromatic carbocycles. The molecule has 0 amide bonds. The van der Waals surface area contributed by atoms with E-state index in [0.29, 0.717) is 12.6 Å². The van der Waals surface area contributed by atoms with Crippen LogP contribution in [0.2, 0.25) is 0 Å². The summed E-state index contributed by atoms with van der Waals surface area (Å²) in [5.41, 5.74) is 3.48. The van der Waals surface area contributed by atoms with Gasteiger partial charge in [-0.15, -0.1) is 11.3 Å². The lowest BCUT2D eigenvalue weighted by Crippen LogP contribution is -2.22. The van der Waals surface area contributed by atoms with E-state index in [0.717, 1.165) is 46.6 Å². The first kappa shape index (κ1) is 20.7. The van der Waals surface area contributed by atoms with Gasteiger partial charge in [0.15, 0.2) is 11.5 Å². The molecule has 0 saturated carbocycles. The van der Waals surface area contributed by atoms with Gasteiger partial charge in [0.25, 0.3) is 0 Å². The maximum absolute atomic E-state index is 5.63. The molecule has 3 aromatic rings. The molecular formula is C24H28N2O3S.